The molecule has 0 aromatic heterocycles. The highest BCUT2D eigenvalue weighted by molar-refractivity contribution is 7.80. The second-order valence-corrected chi connectivity index (χ2v) is 4.19. The highest BCUT2D eigenvalue weighted by atomic mass is 32.1. The fourth-order valence-electron chi connectivity index (χ4n) is 1.19. The number of carbonyl (C=O) groups excluding carboxylic acids is 2. The van der Waals surface area contributed by atoms with Crippen LogP contribution in [-0.2, 0) is 9.47 Å². The summed E-state index contributed by atoms with van der Waals surface area (Å²) in [7, 11) is 0. The van der Waals surface area contributed by atoms with Crippen LogP contribution in [0.3, 0.4) is 0 Å². The Kier molecular flexibility index (Phi) is 6.67. The number of thiol groups is 2. The molecule has 1 rings (SSSR count). The molecule has 0 unspecified atom stereocenters. The molecule has 1 aromatic rings. The highest BCUT2D eigenvalue weighted by Crippen LogP contribution is 2.07. The minimum atomic E-state index is -0.431. The fourth-order valence-corrected chi connectivity index (χ4v) is 1.37. The molecule has 0 amide bonds. The van der Waals surface area contributed by atoms with Gasteiger partial charge in [-0.3, -0.25) is 0 Å². The van der Waals surface area contributed by atoms with Crippen LogP contribution in [0.25, 0.3) is 0 Å². The quantitative estimate of drug-likeness (QED) is 0.619. The molecule has 0 aliphatic carbocycles. The Morgan fingerprint density at radius 3 is 1.44 bits per heavy atom. The van der Waals surface area contributed by atoms with Crippen molar-refractivity contribution in [2.24, 2.45) is 0 Å². The van der Waals surface area contributed by atoms with Crippen LogP contribution in [-0.4, -0.2) is 36.7 Å². The lowest BCUT2D eigenvalue weighted by Crippen LogP contribution is -2.09. The maximum atomic E-state index is 11.5. The normalized spacial score (nSPS) is 9.89. The maximum Gasteiger partial charge on any atom is 0.338 e. The summed E-state index contributed by atoms with van der Waals surface area (Å²) < 4.78 is 9.80. The Bertz CT molecular complexity index is 364. The van der Waals surface area contributed by atoms with Crippen molar-refractivity contribution in [1.29, 1.82) is 0 Å². The van der Waals surface area contributed by atoms with Crippen LogP contribution in [0.15, 0.2) is 24.3 Å². The summed E-state index contributed by atoms with van der Waals surface area (Å²) in [6.07, 6.45) is 0. The maximum absolute atomic E-state index is 11.5. The zero-order valence-corrected chi connectivity index (χ0v) is 11.5. The lowest BCUT2D eigenvalue weighted by atomic mass is 10.1. The average molecular weight is 286 g/mol. The summed E-state index contributed by atoms with van der Waals surface area (Å²) in [6, 6.07) is 6.10. The first-order chi connectivity index (χ1) is 8.69. The first-order valence-corrected chi connectivity index (χ1v) is 6.61. The minimum Gasteiger partial charge on any atom is -0.461 e. The Hall–Kier alpha value is -1.14. The number of hydrogen-bond acceptors (Lipinski definition) is 6. The summed E-state index contributed by atoms with van der Waals surface area (Å²) in [6.45, 7) is 0.515. The number of hydrogen-bond donors (Lipinski definition) is 2. The third kappa shape index (κ3) is 4.62. The average Bonchev–Trinajstić information content (AvgIpc) is 2.42. The van der Waals surface area contributed by atoms with E-state index < -0.39 is 11.9 Å². The number of benzene rings is 1. The van der Waals surface area contributed by atoms with Crippen LogP contribution in [0.1, 0.15) is 20.7 Å². The lowest BCUT2D eigenvalue weighted by molar-refractivity contribution is 0.0516. The van der Waals surface area contributed by atoms with Crippen molar-refractivity contribution in [3.05, 3.63) is 35.4 Å². The predicted molar refractivity (Wildman–Crippen MR) is 74.7 cm³/mol. The van der Waals surface area contributed by atoms with Gasteiger partial charge in [0.1, 0.15) is 13.2 Å². The minimum absolute atomic E-state index is 0.258. The van der Waals surface area contributed by atoms with Crippen LogP contribution in [0.5, 0.6) is 0 Å². The van der Waals surface area contributed by atoms with E-state index >= 15 is 0 Å². The molecule has 0 saturated carbocycles. The summed E-state index contributed by atoms with van der Waals surface area (Å²) in [5, 5.41) is 0. The summed E-state index contributed by atoms with van der Waals surface area (Å²) >= 11 is 7.88. The van der Waals surface area contributed by atoms with Crippen molar-refractivity contribution < 1.29 is 19.1 Å². The molecule has 0 heterocycles. The van der Waals surface area contributed by atoms with Gasteiger partial charge in [0.25, 0.3) is 0 Å². The van der Waals surface area contributed by atoms with Gasteiger partial charge in [0.15, 0.2) is 0 Å². The van der Waals surface area contributed by atoms with Gasteiger partial charge < -0.3 is 9.47 Å². The first kappa shape index (κ1) is 14.9. The van der Waals surface area contributed by atoms with Crippen molar-refractivity contribution in [2.75, 3.05) is 24.7 Å². The molecule has 0 spiro atoms. The van der Waals surface area contributed by atoms with E-state index in [1.165, 1.54) is 24.3 Å². The molecule has 0 saturated heterocycles. The van der Waals surface area contributed by atoms with Gasteiger partial charge in [0, 0.05) is 11.5 Å². The number of ether oxygens (including phenoxy) is 2. The SMILES string of the molecule is O=C(OCCS)c1ccc(C(=O)OCCS)cc1. The van der Waals surface area contributed by atoms with Crippen LogP contribution in [0, 0.1) is 0 Å². The Morgan fingerprint density at radius 1 is 0.833 bits per heavy atom. The van der Waals surface area contributed by atoms with E-state index in [1.54, 1.807) is 0 Å². The van der Waals surface area contributed by atoms with E-state index in [0.717, 1.165) is 0 Å². The Balaban J connectivity index is 2.62. The second-order valence-electron chi connectivity index (χ2n) is 3.30. The number of carbonyl (C=O) groups is 2. The zero-order valence-electron chi connectivity index (χ0n) is 9.67. The van der Waals surface area contributed by atoms with Crippen LogP contribution < -0.4 is 0 Å². The smallest absolute Gasteiger partial charge is 0.338 e. The predicted octanol–water partition coefficient (Wildman–Crippen LogP) is 1.86. The summed E-state index contributed by atoms with van der Waals surface area (Å²) in [5.41, 5.74) is 0.782. The third-order valence-electron chi connectivity index (χ3n) is 2.01. The van der Waals surface area contributed by atoms with Gasteiger partial charge >= 0.3 is 11.9 Å². The van der Waals surface area contributed by atoms with Gasteiger partial charge in [0.05, 0.1) is 11.1 Å². The summed E-state index contributed by atoms with van der Waals surface area (Å²) in [5.74, 6) is 0.0818. The molecule has 0 aliphatic heterocycles. The number of esters is 2. The molecule has 4 nitrogen and oxygen atoms in total. The van der Waals surface area contributed by atoms with Crippen LogP contribution in [0.2, 0.25) is 0 Å². The molecule has 0 fully saturated rings. The van der Waals surface area contributed by atoms with Crippen molar-refractivity contribution in [3.8, 4) is 0 Å². The van der Waals surface area contributed by atoms with Crippen molar-refractivity contribution in [3.63, 3.8) is 0 Å². The molecule has 0 N–H and O–H groups in total. The van der Waals surface area contributed by atoms with Crippen LogP contribution >= 0.6 is 25.3 Å². The molecule has 6 heteroatoms. The second kappa shape index (κ2) is 8.05. The van der Waals surface area contributed by atoms with Gasteiger partial charge in [0.2, 0.25) is 0 Å². The van der Waals surface area contributed by atoms with E-state index in [1.807, 2.05) is 0 Å². The van der Waals surface area contributed by atoms with Gasteiger partial charge in [-0.15, -0.1) is 0 Å². The largest absolute Gasteiger partial charge is 0.461 e. The van der Waals surface area contributed by atoms with E-state index in [-0.39, 0.29) is 13.2 Å². The van der Waals surface area contributed by atoms with Crippen molar-refractivity contribution >= 4 is 37.2 Å². The Labute approximate surface area is 116 Å². The van der Waals surface area contributed by atoms with Crippen molar-refractivity contribution in [1.82, 2.24) is 0 Å². The fraction of sp³-hybridized carbons (Fsp3) is 0.333. The van der Waals surface area contributed by atoms with Crippen molar-refractivity contribution in [2.45, 2.75) is 0 Å². The molecular formula is C12H14O4S2. The first-order valence-electron chi connectivity index (χ1n) is 5.35. The highest BCUT2D eigenvalue weighted by Gasteiger charge is 2.10. The molecule has 98 valence electrons. The molecule has 18 heavy (non-hydrogen) atoms. The molecule has 0 atom stereocenters. The van der Waals surface area contributed by atoms with E-state index in [4.69, 9.17) is 9.47 Å². The van der Waals surface area contributed by atoms with E-state index in [0.29, 0.717) is 22.6 Å². The topological polar surface area (TPSA) is 52.6 Å². The van der Waals surface area contributed by atoms with Gasteiger partial charge in [-0.1, -0.05) is 0 Å². The molecule has 0 aliphatic rings. The molecular weight excluding hydrogens is 272 g/mol. The van der Waals surface area contributed by atoms with Gasteiger partial charge in [-0.25, -0.2) is 9.59 Å². The Morgan fingerprint density at radius 2 is 1.17 bits per heavy atom. The molecule has 1 aromatic carbocycles. The summed E-state index contributed by atoms with van der Waals surface area (Å²) in [4.78, 5) is 22.9. The molecule has 0 bridgehead atoms. The molecule has 0 radical (unpaired) electrons. The lowest BCUT2D eigenvalue weighted by Gasteiger charge is -2.05. The standard InChI is InChI=1S/C12H14O4S2/c13-11(15-5-7-17)9-1-2-10(4-3-9)12(14)16-6-8-18/h1-4,17-18H,5-8H2. The number of rotatable bonds is 6. The third-order valence-corrected chi connectivity index (χ3v) is 2.37. The monoisotopic (exact) mass is 286 g/mol. The van der Waals surface area contributed by atoms with Gasteiger partial charge in [-0.05, 0) is 24.3 Å². The van der Waals surface area contributed by atoms with E-state index in [9.17, 15) is 9.59 Å². The van der Waals surface area contributed by atoms with Crippen LogP contribution in [0.4, 0.5) is 0 Å². The van der Waals surface area contributed by atoms with E-state index in [2.05, 4.69) is 25.3 Å². The van der Waals surface area contributed by atoms with Gasteiger partial charge in [-0.2, -0.15) is 25.3 Å². The zero-order chi connectivity index (χ0) is 13.4.